The number of nitrogens with two attached hydrogens (primary N) is 1. The second-order valence-electron chi connectivity index (χ2n) is 4.34. The molecule has 0 heterocycles. The Bertz CT molecular complexity index is 254. The highest BCUT2D eigenvalue weighted by Gasteiger charge is 2.26. The number of nitrogens with zero attached hydrogens (tertiary/aromatic N) is 1. The standard InChI is InChI=1S/C11H22N2O3/c1-5-13(8(4)6-9(14)15)11(16)10(12)7(2)3/h7-8,10H,5-6,12H2,1-4H3,(H,14,15)/t8?,10-/m1/s1. The van der Waals surface area contributed by atoms with Crippen molar-refractivity contribution in [1.82, 2.24) is 4.90 Å². The highest BCUT2D eigenvalue weighted by atomic mass is 16.4. The van der Waals surface area contributed by atoms with Crippen LogP contribution in [0.4, 0.5) is 0 Å². The monoisotopic (exact) mass is 230 g/mol. The molecule has 1 unspecified atom stereocenters. The van der Waals surface area contributed by atoms with E-state index in [1.807, 2.05) is 20.8 Å². The van der Waals surface area contributed by atoms with Crippen LogP contribution in [-0.4, -0.2) is 40.5 Å². The van der Waals surface area contributed by atoms with Gasteiger partial charge in [0.2, 0.25) is 5.91 Å². The van der Waals surface area contributed by atoms with Crippen LogP contribution in [-0.2, 0) is 9.59 Å². The second kappa shape index (κ2) is 6.48. The lowest BCUT2D eigenvalue weighted by atomic mass is 10.0. The zero-order chi connectivity index (χ0) is 12.9. The number of carboxylic acids is 1. The first kappa shape index (κ1) is 14.9. The third-order valence-corrected chi connectivity index (χ3v) is 2.63. The summed E-state index contributed by atoms with van der Waals surface area (Å²) in [5.41, 5.74) is 5.77. The molecule has 2 atom stereocenters. The van der Waals surface area contributed by atoms with Gasteiger partial charge in [-0.25, -0.2) is 0 Å². The molecule has 94 valence electrons. The molecular weight excluding hydrogens is 208 g/mol. The van der Waals surface area contributed by atoms with Gasteiger partial charge in [-0.3, -0.25) is 9.59 Å². The molecule has 0 saturated heterocycles. The number of likely N-dealkylation sites (N-methyl/N-ethyl adjacent to an activating group) is 1. The third kappa shape index (κ3) is 4.18. The van der Waals surface area contributed by atoms with E-state index in [0.717, 1.165) is 0 Å². The van der Waals surface area contributed by atoms with Crippen molar-refractivity contribution in [3.8, 4) is 0 Å². The number of hydrogen-bond donors (Lipinski definition) is 2. The maximum atomic E-state index is 11.9. The molecule has 0 bridgehead atoms. The van der Waals surface area contributed by atoms with E-state index in [2.05, 4.69) is 0 Å². The first-order valence-electron chi connectivity index (χ1n) is 5.59. The average molecular weight is 230 g/mol. The Balaban J connectivity index is 4.59. The number of carboxylic acid groups (broad SMARTS) is 1. The molecule has 3 N–H and O–H groups in total. The number of aliphatic carboxylic acids is 1. The van der Waals surface area contributed by atoms with E-state index in [1.54, 1.807) is 6.92 Å². The number of carbonyl (C=O) groups excluding carboxylic acids is 1. The second-order valence-corrected chi connectivity index (χ2v) is 4.34. The zero-order valence-electron chi connectivity index (χ0n) is 10.4. The summed E-state index contributed by atoms with van der Waals surface area (Å²) in [7, 11) is 0. The van der Waals surface area contributed by atoms with Gasteiger partial charge >= 0.3 is 5.97 Å². The van der Waals surface area contributed by atoms with Crippen LogP contribution in [0.1, 0.15) is 34.1 Å². The fourth-order valence-electron chi connectivity index (χ4n) is 1.52. The van der Waals surface area contributed by atoms with Gasteiger partial charge in [-0.05, 0) is 19.8 Å². The van der Waals surface area contributed by atoms with Gasteiger partial charge in [0.15, 0.2) is 0 Å². The maximum Gasteiger partial charge on any atom is 0.305 e. The van der Waals surface area contributed by atoms with Gasteiger partial charge in [-0.1, -0.05) is 13.8 Å². The van der Waals surface area contributed by atoms with Crippen LogP contribution in [0.25, 0.3) is 0 Å². The molecule has 0 fully saturated rings. The van der Waals surface area contributed by atoms with E-state index >= 15 is 0 Å². The van der Waals surface area contributed by atoms with Gasteiger partial charge in [-0.2, -0.15) is 0 Å². The molecule has 0 radical (unpaired) electrons. The van der Waals surface area contributed by atoms with Crippen LogP contribution in [0.5, 0.6) is 0 Å². The summed E-state index contributed by atoms with van der Waals surface area (Å²) >= 11 is 0. The van der Waals surface area contributed by atoms with Crippen LogP contribution in [0.2, 0.25) is 0 Å². The van der Waals surface area contributed by atoms with Crippen LogP contribution < -0.4 is 5.73 Å². The van der Waals surface area contributed by atoms with Gasteiger partial charge in [0.1, 0.15) is 0 Å². The Labute approximate surface area is 96.6 Å². The Morgan fingerprint density at radius 3 is 2.12 bits per heavy atom. The average Bonchev–Trinajstić information content (AvgIpc) is 2.16. The molecule has 0 aliphatic carbocycles. The predicted octanol–water partition coefficient (Wildman–Crippen LogP) is 0.681. The lowest BCUT2D eigenvalue weighted by Gasteiger charge is -2.30. The van der Waals surface area contributed by atoms with E-state index < -0.39 is 12.0 Å². The molecule has 0 aromatic rings. The van der Waals surface area contributed by atoms with E-state index in [-0.39, 0.29) is 24.3 Å². The van der Waals surface area contributed by atoms with Gasteiger partial charge in [0.05, 0.1) is 12.5 Å². The van der Waals surface area contributed by atoms with Gasteiger partial charge in [0, 0.05) is 12.6 Å². The third-order valence-electron chi connectivity index (χ3n) is 2.63. The lowest BCUT2D eigenvalue weighted by Crippen LogP contribution is -2.50. The molecule has 0 spiro atoms. The molecule has 1 amide bonds. The van der Waals surface area contributed by atoms with Crippen LogP contribution in [0, 0.1) is 5.92 Å². The number of rotatable bonds is 6. The molecule has 0 saturated carbocycles. The zero-order valence-corrected chi connectivity index (χ0v) is 10.4. The van der Waals surface area contributed by atoms with Crippen molar-refractivity contribution < 1.29 is 14.7 Å². The summed E-state index contributed by atoms with van der Waals surface area (Å²) in [6.45, 7) is 7.77. The molecule has 16 heavy (non-hydrogen) atoms. The Kier molecular flexibility index (Phi) is 6.03. The first-order valence-corrected chi connectivity index (χ1v) is 5.59. The van der Waals surface area contributed by atoms with E-state index in [1.165, 1.54) is 4.90 Å². The molecule has 0 aromatic carbocycles. The fraction of sp³-hybridized carbons (Fsp3) is 0.818. The fourth-order valence-corrected chi connectivity index (χ4v) is 1.52. The quantitative estimate of drug-likeness (QED) is 0.703. The molecular formula is C11H22N2O3. The Morgan fingerprint density at radius 2 is 1.81 bits per heavy atom. The van der Waals surface area contributed by atoms with Crippen molar-refractivity contribution in [2.45, 2.75) is 46.2 Å². The molecule has 0 aromatic heterocycles. The van der Waals surface area contributed by atoms with Gasteiger partial charge in [0.25, 0.3) is 0 Å². The van der Waals surface area contributed by atoms with E-state index in [0.29, 0.717) is 6.54 Å². The van der Waals surface area contributed by atoms with Crippen molar-refractivity contribution in [1.29, 1.82) is 0 Å². The topological polar surface area (TPSA) is 83.6 Å². The minimum atomic E-state index is -0.906. The van der Waals surface area contributed by atoms with Crippen molar-refractivity contribution in [2.24, 2.45) is 11.7 Å². The van der Waals surface area contributed by atoms with Crippen LogP contribution in [0.15, 0.2) is 0 Å². The summed E-state index contributed by atoms with van der Waals surface area (Å²) in [5.74, 6) is -1.03. The summed E-state index contributed by atoms with van der Waals surface area (Å²) in [5, 5.41) is 8.69. The van der Waals surface area contributed by atoms with Crippen LogP contribution in [0.3, 0.4) is 0 Å². The summed E-state index contributed by atoms with van der Waals surface area (Å²) in [6.07, 6.45) is -0.0512. The Morgan fingerprint density at radius 1 is 1.31 bits per heavy atom. The molecule has 0 rings (SSSR count). The maximum absolute atomic E-state index is 11.9. The van der Waals surface area contributed by atoms with E-state index in [9.17, 15) is 9.59 Å². The minimum Gasteiger partial charge on any atom is -0.481 e. The number of carbonyl (C=O) groups is 2. The Hall–Kier alpha value is -1.10. The number of hydrogen-bond acceptors (Lipinski definition) is 3. The highest BCUT2D eigenvalue weighted by Crippen LogP contribution is 2.09. The number of amides is 1. The summed E-state index contributed by atoms with van der Waals surface area (Å²) in [4.78, 5) is 24.1. The molecule has 5 nitrogen and oxygen atoms in total. The highest BCUT2D eigenvalue weighted by molar-refractivity contribution is 5.82. The van der Waals surface area contributed by atoms with Crippen molar-refractivity contribution in [2.75, 3.05) is 6.54 Å². The van der Waals surface area contributed by atoms with E-state index in [4.69, 9.17) is 10.8 Å². The summed E-state index contributed by atoms with van der Waals surface area (Å²) in [6, 6.07) is -0.879. The van der Waals surface area contributed by atoms with Crippen molar-refractivity contribution in [3.05, 3.63) is 0 Å². The minimum absolute atomic E-state index is 0.0512. The SMILES string of the molecule is CCN(C(=O)[C@H](N)C(C)C)C(C)CC(=O)O. The summed E-state index contributed by atoms with van der Waals surface area (Å²) < 4.78 is 0. The normalized spacial score (nSPS) is 14.6. The molecule has 0 aliphatic heterocycles. The van der Waals surface area contributed by atoms with Crippen LogP contribution >= 0.6 is 0 Å². The van der Waals surface area contributed by atoms with Gasteiger partial charge < -0.3 is 15.7 Å². The first-order chi connectivity index (χ1) is 7.31. The largest absolute Gasteiger partial charge is 0.481 e. The predicted molar refractivity (Wildman–Crippen MR) is 61.9 cm³/mol. The molecule has 0 aliphatic rings. The van der Waals surface area contributed by atoms with Crippen molar-refractivity contribution in [3.63, 3.8) is 0 Å². The molecule has 5 heteroatoms. The van der Waals surface area contributed by atoms with Gasteiger partial charge in [-0.15, -0.1) is 0 Å². The lowest BCUT2D eigenvalue weighted by molar-refractivity contribution is -0.141. The van der Waals surface area contributed by atoms with Crippen molar-refractivity contribution >= 4 is 11.9 Å². The smallest absolute Gasteiger partial charge is 0.305 e.